The number of aliphatic hydroxyl groups is 1. The number of nitrogens with zero attached hydrogens (tertiary/aromatic N) is 1. The molecule has 0 heterocycles. The predicted octanol–water partition coefficient (Wildman–Crippen LogP) is 3.71. The SMILES string of the molecule is CCCC(=O)N(Cc1ccc(Cl)cc1)C(C(=O)NCCCO)c1ccccc1. The van der Waals surface area contributed by atoms with Crippen molar-refractivity contribution < 1.29 is 14.7 Å². The lowest BCUT2D eigenvalue weighted by molar-refractivity contribution is -0.141. The average Bonchev–Trinajstić information content (AvgIpc) is 2.70. The molecule has 2 rings (SSSR count). The summed E-state index contributed by atoms with van der Waals surface area (Å²) in [5.74, 6) is -0.332. The second-order valence-electron chi connectivity index (χ2n) is 6.58. The van der Waals surface area contributed by atoms with Crippen LogP contribution >= 0.6 is 11.6 Å². The van der Waals surface area contributed by atoms with Crippen molar-refractivity contribution in [3.8, 4) is 0 Å². The van der Waals surface area contributed by atoms with Gasteiger partial charge in [-0.25, -0.2) is 0 Å². The van der Waals surface area contributed by atoms with Crippen LogP contribution in [0.2, 0.25) is 5.02 Å². The zero-order valence-corrected chi connectivity index (χ0v) is 16.9. The van der Waals surface area contributed by atoms with E-state index in [4.69, 9.17) is 16.7 Å². The first-order chi connectivity index (χ1) is 13.6. The van der Waals surface area contributed by atoms with Gasteiger partial charge in [-0.15, -0.1) is 0 Å². The second-order valence-corrected chi connectivity index (χ2v) is 7.02. The van der Waals surface area contributed by atoms with E-state index in [9.17, 15) is 9.59 Å². The third-order valence-corrected chi connectivity index (χ3v) is 4.61. The minimum absolute atomic E-state index is 0.000458. The first-order valence-corrected chi connectivity index (χ1v) is 9.92. The Kier molecular flexibility index (Phi) is 8.98. The van der Waals surface area contributed by atoms with Crippen molar-refractivity contribution in [1.82, 2.24) is 10.2 Å². The van der Waals surface area contributed by atoms with E-state index in [-0.39, 0.29) is 18.4 Å². The molecule has 0 saturated carbocycles. The number of amides is 2. The molecule has 2 amide bonds. The molecule has 150 valence electrons. The van der Waals surface area contributed by atoms with E-state index in [1.807, 2.05) is 49.4 Å². The maximum atomic E-state index is 13.0. The fourth-order valence-corrected chi connectivity index (χ4v) is 3.09. The van der Waals surface area contributed by atoms with Gasteiger partial charge in [-0.2, -0.15) is 0 Å². The molecular weight excluding hydrogens is 376 g/mol. The van der Waals surface area contributed by atoms with Crippen LogP contribution in [0.1, 0.15) is 43.4 Å². The molecule has 5 nitrogen and oxygen atoms in total. The molecule has 1 unspecified atom stereocenters. The van der Waals surface area contributed by atoms with Crippen LogP contribution in [0.5, 0.6) is 0 Å². The van der Waals surface area contributed by atoms with Crippen molar-refractivity contribution in [1.29, 1.82) is 0 Å². The molecule has 0 aromatic heterocycles. The zero-order valence-electron chi connectivity index (χ0n) is 16.1. The Hall–Kier alpha value is -2.37. The number of rotatable bonds is 10. The van der Waals surface area contributed by atoms with E-state index in [1.165, 1.54) is 0 Å². The summed E-state index contributed by atoms with van der Waals surface area (Å²) in [6.45, 7) is 2.61. The van der Waals surface area contributed by atoms with Crippen molar-refractivity contribution in [2.75, 3.05) is 13.2 Å². The highest BCUT2D eigenvalue weighted by molar-refractivity contribution is 6.30. The topological polar surface area (TPSA) is 69.6 Å². The lowest BCUT2D eigenvalue weighted by atomic mass is 10.0. The van der Waals surface area contributed by atoms with Crippen LogP contribution in [-0.2, 0) is 16.1 Å². The highest BCUT2D eigenvalue weighted by atomic mass is 35.5. The number of benzene rings is 2. The second kappa shape index (κ2) is 11.5. The molecule has 0 saturated heterocycles. The van der Waals surface area contributed by atoms with Crippen molar-refractivity contribution in [2.24, 2.45) is 0 Å². The number of carbonyl (C=O) groups is 2. The van der Waals surface area contributed by atoms with E-state index in [1.54, 1.807) is 17.0 Å². The molecule has 2 aromatic rings. The van der Waals surface area contributed by atoms with Gasteiger partial charge in [-0.05, 0) is 36.1 Å². The van der Waals surface area contributed by atoms with Gasteiger partial charge < -0.3 is 15.3 Å². The third-order valence-electron chi connectivity index (χ3n) is 4.36. The maximum Gasteiger partial charge on any atom is 0.247 e. The van der Waals surface area contributed by atoms with Crippen LogP contribution in [-0.4, -0.2) is 35.0 Å². The lowest BCUT2D eigenvalue weighted by Crippen LogP contribution is -2.43. The summed E-state index contributed by atoms with van der Waals surface area (Å²) in [6.07, 6.45) is 1.53. The molecule has 0 spiro atoms. The van der Waals surface area contributed by atoms with E-state index >= 15 is 0 Å². The molecule has 2 N–H and O–H groups in total. The Morgan fingerprint density at radius 3 is 2.39 bits per heavy atom. The van der Waals surface area contributed by atoms with E-state index in [0.29, 0.717) is 37.4 Å². The zero-order chi connectivity index (χ0) is 20.4. The predicted molar refractivity (Wildman–Crippen MR) is 111 cm³/mol. The number of hydrogen-bond acceptors (Lipinski definition) is 3. The van der Waals surface area contributed by atoms with Crippen LogP contribution in [0.15, 0.2) is 54.6 Å². The van der Waals surface area contributed by atoms with E-state index < -0.39 is 6.04 Å². The summed E-state index contributed by atoms with van der Waals surface area (Å²) in [6, 6.07) is 15.8. The summed E-state index contributed by atoms with van der Waals surface area (Å²) in [5, 5.41) is 12.5. The molecule has 2 aromatic carbocycles. The van der Waals surface area contributed by atoms with E-state index in [0.717, 1.165) is 11.1 Å². The number of nitrogens with one attached hydrogen (secondary N) is 1. The van der Waals surface area contributed by atoms with Crippen LogP contribution in [0.4, 0.5) is 0 Å². The molecule has 0 aliphatic heterocycles. The van der Waals surface area contributed by atoms with Crippen molar-refractivity contribution in [3.05, 3.63) is 70.7 Å². The highest BCUT2D eigenvalue weighted by Crippen LogP contribution is 2.25. The summed E-state index contributed by atoms with van der Waals surface area (Å²) >= 11 is 5.98. The summed E-state index contributed by atoms with van der Waals surface area (Å²) in [5.41, 5.74) is 1.65. The van der Waals surface area contributed by atoms with Gasteiger partial charge in [0.25, 0.3) is 0 Å². The number of carbonyl (C=O) groups excluding carboxylic acids is 2. The minimum atomic E-state index is -0.741. The van der Waals surface area contributed by atoms with Gasteiger partial charge in [0.15, 0.2) is 0 Å². The van der Waals surface area contributed by atoms with Crippen molar-refractivity contribution in [2.45, 2.75) is 38.8 Å². The van der Waals surface area contributed by atoms with Crippen molar-refractivity contribution >= 4 is 23.4 Å². The number of halogens is 1. The molecular formula is C22H27ClN2O3. The first-order valence-electron chi connectivity index (χ1n) is 9.54. The Labute approximate surface area is 171 Å². The van der Waals surface area contributed by atoms with Crippen LogP contribution < -0.4 is 5.32 Å². The Morgan fingerprint density at radius 1 is 1.11 bits per heavy atom. The molecule has 0 bridgehead atoms. The quantitative estimate of drug-likeness (QED) is 0.595. The fourth-order valence-electron chi connectivity index (χ4n) is 2.96. The molecule has 1 atom stereocenters. The molecule has 0 fully saturated rings. The largest absolute Gasteiger partial charge is 0.396 e. The van der Waals surface area contributed by atoms with Crippen LogP contribution in [0.25, 0.3) is 0 Å². The number of hydrogen-bond donors (Lipinski definition) is 2. The molecule has 0 radical (unpaired) electrons. The standard InChI is InChI=1S/C22H27ClN2O3/c1-2-7-20(27)25(16-17-10-12-19(23)13-11-17)21(18-8-4-3-5-9-18)22(28)24-14-6-15-26/h3-5,8-13,21,26H,2,6-7,14-16H2,1H3,(H,24,28). The third kappa shape index (κ3) is 6.36. The van der Waals surface area contributed by atoms with Gasteiger partial charge in [0.2, 0.25) is 11.8 Å². The Bertz CT molecular complexity index is 750. The van der Waals surface area contributed by atoms with Crippen LogP contribution in [0, 0.1) is 0 Å². The Balaban J connectivity index is 2.36. The monoisotopic (exact) mass is 402 g/mol. The molecule has 0 aliphatic carbocycles. The van der Waals surface area contributed by atoms with Gasteiger partial charge in [-0.3, -0.25) is 9.59 Å². The van der Waals surface area contributed by atoms with Crippen LogP contribution in [0.3, 0.4) is 0 Å². The molecule has 0 aliphatic rings. The first kappa shape index (κ1) is 21.9. The van der Waals surface area contributed by atoms with Gasteiger partial charge in [0.1, 0.15) is 6.04 Å². The average molecular weight is 403 g/mol. The molecule has 28 heavy (non-hydrogen) atoms. The minimum Gasteiger partial charge on any atom is -0.396 e. The molecule has 6 heteroatoms. The summed E-state index contributed by atoms with van der Waals surface area (Å²) in [7, 11) is 0. The van der Waals surface area contributed by atoms with E-state index in [2.05, 4.69) is 5.32 Å². The van der Waals surface area contributed by atoms with Gasteiger partial charge in [0.05, 0.1) is 0 Å². The number of aliphatic hydroxyl groups excluding tert-OH is 1. The highest BCUT2D eigenvalue weighted by Gasteiger charge is 2.30. The van der Waals surface area contributed by atoms with Gasteiger partial charge in [0, 0.05) is 31.1 Å². The maximum absolute atomic E-state index is 13.0. The lowest BCUT2D eigenvalue weighted by Gasteiger charge is -2.31. The fraction of sp³-hybridized carbons (Fsp3) is 0.364. The van der Waals surface area contributed by atoms with Gasteiger partial charge in [-0.1, -0.05) is 61.0 Å². The summed E-state index contributed by atoms with van der Waals surface area (Å²) in [4.78, 5) is 27.6. The Morgan fingerprint density at radius 2 is 1.79 bits per heavy atom. The normalized spacial score (nSPS) is 11.7. The summed E-state index contributed by atoms with van der Waals surface area (Å²) < 4.78 is 0. The smallest absolute Gasteiger partial charge is 0.247 e. The van der Waals surface area contributed by atoms with Crippen molar-refractivity contribution in [3.63, 3.8) is 0 Å². The van der Waals surface area contributed by atoms with Gasteiger partial charge >= 0.3 is 0 Å².